The second-order valence-corrected chi connectivity index (χ2v) is 7.24. The number of nitrogen functional groups attached to an aromatic ring is 1. The van der Waals surface area contributed by atoms with Crippen LogP contribution in [0.25, 0.3) is 0 Å². The lowest BCUT2D eigenvalue weighted by molar-refractivity contribution is 0.416. The van der Waals surface area contributed by atoms with E-state index in [1.54, 1.807) is 7.11 Å². The van der Waals surface area contributed by atoms with Crippen molar-refractivity contribution in [3.63, 3.8) is 0 Å². The minimum absolute atomic E-state index is 0.653. The molecule has 0 atom stereocenters. The molecule has 0 aliphatic rings. The van der Waals surface area contributed by atoms with Gasteiger partial charge in [-0.05, 0) is 52.9 Å². The second kappa shape index (κ2) is 11.0. The number of hydrogen-bond donors (Lipinski definition) is 2. The van der Waals surface area contributed by atoms with Crippen molar-refractivity contribution in [3.8, 4) is 5.75 Å². The molecule has 0 unspecified atom stereocenters. The van der Waals surface area contributed by atoms with E-state index in [1.807, 2.05) is 12.1 Å². The van der Waals surface area contributed by atoms with Crippen molar-refractivity contribution < 1.29 is 4.74 Å². The number of methoxy groups -OCH3 is 1. The van der Waals surface area contributed by atoms with E-state index >= 15 is 0 Å². The number of nitrogens with two attached hydrogens (primary N) is 1. The van der Waals surface area contributed by atoms with Crippen LogP contribution < -0.4 is 15.8 Å². The first-order valence-corrected chi connectivity index (χ1v) is 9.62. The molecule has 0 saturated heterocycles. The first-order chi connectivity index (χ1) is 11.9. The zero-order valence-corrected chi connectivity index (χ0v) is 17.6. The Morgan fingerprint density at radius 2 is 1.76 bits per heavy atom. The van der Waals surface area contributed by atoms with Crippen LogP contribution in [-0.4, -0.2) is 13.7 Å². The van der Waals surface area contributed by atoms with Gasteiger partial charge in [0, 0.05) is 11.0 Å². The monoisotopic (exact) mass is 406 g/mol. The van der Waals surface area contributed by atoms with Crippen molar-refractivity contribution >= 4 is 27.3 Å². The minimum Gasteiger partial charge on any atom is -0.495 e. The van der Waals surface area contributed by atoms with Crippen molar-refractivity contribution in [2.24, 2.45) is 0 Å². The summed E-state index contributed by atoms with van der Waals surface area (Å²) >= 11 is 3.40. The zero-order chi connectivity index (χ0) is 18.8. The van der Waals surface area contributed by atoms with Crippen LogP contribution in [0, 0.1) is 6.92 Å². The summed E-state index contributed by atoms with van der Waals surface area (Å²) in [5, 5.41) is 3.29. The molecular weight excluding hydrogens is 376 g/mol. The van der Waals surface area contributed by atoms with Gasteiger partial charge in [0.05, 0.1) is 12.8 Å². The van der Waals surface area contributed by atoms with Crippen LogP contribution in [0.15, 0.2) is 40.9 Å². The van der Waals surface area contributed by atoms with Crippen molar-refractivity contribution in [1.29, 1.82) is 0 Å². The van der Waals surface area contributed by atoms with E-state index in [-0.39, 0.29) is 0 Å². The molecule has 2 aromatic carbocycles. The molecule has 3 N–H and O–H groups in total. The summed E-state index contributed by atoms with van der Waals surface area (Å²) in [6, 6.07) is 12.5. The van der Waals surface area contributed by atoms with E-state index in [4.69, 9.17) is 10.5 Å². The number of nitrogens with one attached hydrogen (secondary N) is 1. The van der Waals surface area contributed by atoms with Gasteiger partial charge in [-0.25, -0.2) is 0 Å². The maximum Gasteiger partial charge on any atom is 0.144 e. The average molecular weight is 407 g/mol. The van der Waals surface area contributed by atoms with Gasteiger partial charge in [0.25, 0.3) is 0 Å². The molecule has 0 spiro atoms. The second-order valence-electron chi connectivity index (χ2n) is 6.38. The van der Waals surface area contributed by atoms with Gasteiger partial charge in [-0.3, -0.25) is 0 Å². The summed E-state index contributed by atoms with van der Waals surface area (Å²) < 4.78 is 6.14. The summed E-state index contributed by atoms with van der Waals surface area (Å²) in [7, 11) is 1.65. The van der Waals surface area contributed by atoms with Gasteiger partial charge < -0.3 is 15.8 Å². The van der Waals surface area contributed by atoms with Crippen LogP contribution in [0.4, 0.5) is 11.4 Å². The maximum atomic E-state index is 5.95. The van der Waals surface area contributed by atoms with Gasteiger partial charge in [-0.15, -0.1) is 0 Å². The average Bonchev–Trinajstić information content (AvgIpc) is 2.60. The van der Waals surface area contributed by atoms with Crippen molar-refractivity contribution in [3.05, 3.63) is 52.0 Å². The molecule has 138 valence electrons. The van der Waals surface area contributed by atoms with Gasteiger partial charge in [-0.2, -0.15) is 0 Å². The first-order valence-electron chi connectivity index (χ1n) is 8.83. The Balaban J connectivity index is 0.000000271. The van der Waals surface area contributed by atoms with Crippen LogP contribution in [0.3, 0.4) is 0 Å². The third kappa shape index (κ3) is 6.99. The number of hydrogen-bond acceptors (Lipinski definition) is 3. The van der Waals surface area contributed by atoms with Crippen molar-refractivity contribution in [2.45, 2.75) is 46.5 Å². The smallest absolute Gasteiger partial charge is 0.144 e. The number of anilines is 2. The summed E-state index contributed by atoms with van der Waals surface area (Å²) in [5.41, 5.74) is 10.3. The Labute approximate surface area is 161 Å². The van der Waals surface area contributed by atoms with E-state index < -0.39 is 0 Å². The standard InChI is InChI=1S/C11H17BrN2O.C10H14/c1-3-4-7-14-11-9(15-2)6-5-8(12)10(11)13;1-8(2)10-6-4-9(3)5-7-10/h5-6,14H,3-4,7,13H2,1-2H3;4-8H,1-3H3. The van der Waals surface area contributed by atoms with E-state index in [0.29, 0.717) is 11.6 Å². The predicted molar refractivity (Wildman–Crippen MR) is 114 cm³/mol. The fourth-order valence-corrected chi connectivity index (χ4v) is 2.60. The van der Waals surface area contributed by atoms with Gasteiger partial charge in [-0.1, -0.05) is 57.0 Å². The van der Waals surface area contributed by atoms with E-state index in [2.05, 4.69) is 73.2 Å². The molecule has 0 radical (unpaired) electrons. The van der Waals surface area contributed by atoms with Gasteiger partial charge in [0.2, 0.25) is 0 Å². The molecule has 2 rings (SSSR count). The number of benzene rings is 2. The normalized spacial score (nSPS) is 10.2. The molecule has 0 fully saturated rings. The van der Waals surface area contributed by atoms with Crippen LogP contribution in [0.2, 0.25) is 0 Å². The van der Waals surface area contributed by atoms with Crippen molar-refractivity contribution in [1.82, 2.24) is 0 Å². The Bertz CT molecular complexity index is 639. The van der Waals surface area contributed by atoms with Crippen molar-refractivity contribution in [2.75, 3.05) is 24.7 Å². The SMILES string of the molecule is CCCCNc1c(OC)ccc(Br)c1N.Cc1ccc(C(C)C)cc1. The lowest BCUT2D eigenvalue weighted by atomic mass is 10.0. The molecule has 0 saturated carbocycles. The summed E-state index contributed by atoms with van der Waals surface area (Å²) in [6.07, 6.45) is 2.28. The van der Waals surface area contributed by atoms with Crippen LogP contribution in [0.1, 0.15) is 50.7 Å². The topological polar surface area (TPSA) is 47.3 Å². The summed E-state index contributed by atoms with van der Waals surface area (Å²) in [5.74, 6) is 1.44. The fourth-order valence-electron chi connectivity index (χ4n) is 2.27. The third-order valence-electron chi connectivity index (χ3n) is 3.95. The van der Waals surface area contributed by atoms with Gasteiger partial charge >= 0.3 is 0 Å². The Morgan fingerprint density at radius 3 is 2.28 bits per heavy atom. The zero-order valence-electron chi connectivity index (χ0n) is 16.0. The highest BCUT2D eigenvalue weighted by Gasteiger charge is 2.09. The van der Waals surface area contributed by atoms with Crippen LogP contribution in [0.5, 0.6) is 5.75 Å². The number of halogens is 1. The molecule has 0 aromatic heterocycles. The lowest BCUT2D eigenvalue weighted by Gasteiger charge is -2.14. The molecule has 0 aliphatic heterocycles. The number of aryl methyl sites for hydroxylation is 1. The first kappa shape index (κ1) is 21.4. The maximum absolute atomic E-state index is 5.95. The molecule has 25 heavy (non-hydrogen) atoms. The highest BCUT2D eigenvalue weighted by Crippen LogP contribution is 2.36. The number of unbranched alkanes of at least 4 members (excludes halogenated alkanes) is 1. The molecule has 4 heteroatoms. The van der Waals surface area contributed by atoms with E-state index in [1.165, 1.54) is 11.1 Å². The fraction of sp³-hybridized carbons (Fsp3) is 0.429. The molecule has 0 amide bonds. The Morgan fingerprint density at radius 1 is 1.12 bits per heavy atom. The summed E-state index contributed by atoms with van der Waals surface area (Å²) in [4.78, 5) is 0. The molecule has 0 bridgehead atoms. The van der Waals surface area contributed by atoms with Crippen LogP contribution >= 0.6 is 15.9 Å². The molecule has 2 aromatic rings. The Hall–Kier alpha value is -1.68. The summed E-state index contributed by atoms with van der Waals surface area (Å²) in [6.45, 7) is 9.61. The van der Waals surface area contributed by atoms with Gasteiger partial charge in [0.1, 0.15) is 11.4 Å². The number of ether oxygens (including phenoxy) is 1. The molecule has 0 aliphatic carbocycles. The van der Waals surface area contributed by atoms with E-state index in [0.717, 1.165) is 35.3 Å². The minimum atomic E-state index is 0.653. The quantitative estimate of drug-likeness (QED) is 0.432. The third-order valence-corrected chi connectivity index (χ3v) is 4.64. The largest absolute Gasteiger partial charge is 0.495 e. The number of rotatable bonds is 6. The highest BCUT2D eigenvalue weighted by atomic mass is 79.9. The predicted octanol–water partition coefficient (Wildman–Crippen LogP) is 6.37. The van der Waals surface area contributed by atoms with Crippen LogP contribution in [-0.2, 0) is 0 Å². The molecular formula is C21H31BrN2O. The Kier molecular flexibility index (Phi) is 9.43. The lowest BCUT2D eigenvalue weighted by Crippen LogP contribution is -2.06. The molecule has 0 heterocycles. The molecule has 3 nitrogen and oxygen atoms in total. The highest BCUT2D eigenvalue weighted by molar-refractivity contribution is 9.10. The van der Waals surface area contributed by atoms with Gasteiger partial charge in [0.15, 0.2) is 0 Å². The van der Waals surface area contributed by atoms with E-state index in [9.17, 15) is 0 Å².